The summed E-state index contributed by atoms with van der Waals surface area (Å²) in [6.45, 7) is 5.55. The second-order valence-electron chi connectivity index (χ2n) is 4.67. The largest absolute Gasteiger partial charge is 0.481 e. The highest BCUT2D eigenvalue weighted by atomic mass is 16.4. The number of carbonyl (C=O) groups is 2. The average molecular weight is 249 g/mol. The van der Waals surface area contributed by atoms with Crippen LogP contribution >= 0.6 is 0 Å². The van der Waals surface area contributed by atoms with E-state index in [2.05, 4.69) is 5.32 Å². The van der Waals surface area contributed by atoms with E-state index in [1.165, 1.54) is 0 Å². The van der Waals surface area contributed by atoms with E-state index in [4.69, 9.17) is 0 Å². The molecule has 0 aliphatic carbocycles. The predicted octanol–water partition coefficient (Wildman–Crippen LogP) is 2.08. The van der Waals surface area contributed by atoms with Gasteiger partial charge in [-0.15, -0.1) is 0 Å². The number of carboxylic acid groups (broad SMARTS) is 1. The maximum absolute atomic E-state index is 11.7. The van der Waals surface area contributed by atoms with Crippen molar-refractivity contribution in [1.29, 1.82) is 0 Å². The summed E-state index contributed by atoms with van der Waals surface area (Å²) in [6, 6.07) is 7.27. The van der Waals surface area contributed by atoms with Gasteiger partial charge in [0.25, 0.3) is 0 Å². The Morgan fingerprint density at radius 2 is 1.89 bits per heavy atom. The summed E-state index contributed by atoms with van der Waals surface area (Å²) in [5.41, 5.74) is 1.59. The van der Waals surface area contributed by atoms with Gasteiger partial charge in [0, 0.05) is 12.5 Å². The summed E-state index contributed by atoms with van der Waals surface area (Å²) in [5, 5.41) is 12.0. The first-order chi connectivity index (χ1) is 8.41. The summed E-state index contributed by atoms with van der Waals surface area (Å²) >= 11 is 0. The molecule has 1 aromatic carbocycles. The molecule has 1 rings (SSSR count). The Morgan fingerprint density at radius 3 is 2.39 bits per heavy atom. The Labute approximate surface area is 107 Å². The SMILES string of the molecule is Cc1ccccc1C(CC(=O)NC(C)C)C(=O)O. The zero-order valence-electron chi connectivity index (χ0n) is 10.9. The molecule has 0 heterocycles. The molecule has 0 fully saturated rings. The molecule has 98 valence electrons. The van der Waals surface area contributed by atoms with Crippen molar-refractivity contribution in [2.75, 3.05) is 0 Å². The minimum absolute atomic E-state index is 0.0174. The van der Waals surface area contributed by atoms with Crippen LogP contribution in [0.25, 0.3) is 0 Å². The van der Waals surface area contributed by atoms with Crippen LogP contribution in [0.3, 0.4) is 0 Å². The van der Waals surface area contributed by atoms with E-state index in [9.17, 15) is 14.7 Å². The molecule has 0 aliphatic heterocycles. The van der Waals surface area contributed by atoms with E-state index < -0.39 is 11.9 Å². The van der Waals surface area contributed by atoms with Crippen molar-refractivity contribution in [3.63, 3.8) is 0 Å². The Balaban J connectivity index is 2.88. The van der Waals surface area contributed by atoms with E-state index in [1.54, 1.807) is 12.1 Å². The van der Waals surface area contributed by atoms with E-state index in [0.29, 0.717) is 5.56 Å². The maximum Gasteiger partial charge on any atom is 0.311 e. The zero-order chi connectivity index (χ0) is 13.7. The highest BCUT2D eigenvalue weighted by molar-refractivity contribution is 5.86. The molecule has 1 amide bonds. The third-order valence-corrected chi connectivity index (χ3v) is 2.70. The molecule has 0 saturated heterocycles. The lowest BCUT2D eigenvalue weighted by Crippen LogP contribution is -2.32. The predicted molar refractivity (Wildman–Crippen MR) is 69.5 cm³/mol. The molecule has 2 N–H and O–H groups in total. The average Bonchev–Trinajstić information content (AvgIpc) is 2.25. The molecule has 1 aromatic rings. The fraction of sp³-hybridized carbons (Fsp3) is 0.429. The molecule has 0 radical (unpaired) electrons. The summed E-state index contributed by atoms with van der Waals surface area (Å²) in [6.07, 6.45) is -0.0294. The molecule has 0 bridgehead atoms. The van der Waals surface area contributed by atoms with Crippen LogP contribution in [0.5, 0.6) is 0 Å². The van der Waals surface area contributed by atoms with E-state index in [0.717, 1.165) is 5.56 Å². The van der Waals surface area contributed by atoms with Gasteiger partial charge in [-0.05, 0) is 31.9 Å². The first-order valence-corrected chi connectivity index (χ1v) is 5.99. The topological polar surface area (TPSA) is 66.4 Å². The third kappa shape index (κ3) is 3.87. The Morgan fingerprint density at radius 1 is 1.28 bits per heavy atom. The maximum atomic E-state index is 11.7. The second kappa shape index (κ2) is 6.19. The van der Waals surface area contributed by atoms with Crippen molar-refractivity contribution < 1.29 is 14.7 Å². The van der Waals surface area contributed by atoms with Gasteiger partial charge in [-0.2, -0.15) is 0 Å². The van der Waals surface area contributed by atoms with Gasteiger partial charge >= 0.3 is 5.97 Å². The highest BCUT2D eigenvalue weighted by Gasteiger charge is 2.24. The van der Waals surface area contributed by atoms with Gasteiger partial charge in [-0.25, -0.2) is 0 Å². The Hall–Kier alpha value is -1.84. The lowest BCUT2D eigenvalue weighted by molar-refractivity contribution is -0.140. The minimum atomic E-state index is -0.969. The van der Waals surface area contributed by atoms with Crippen LogP contribution in [0.4, 0.5) is 0 Å². The number of aliphatic carboxylic acids is 1. The fourth-order valence-electron chi connectivity index (χ4n) is 1.87. The van der Waals surface area contributed by atoms with Gasteiger partial charge in [0.2, 0.25) is 5.91 Å². The molecule has 0 saturated carbocycles. The van der Waals surface area contributed by atoms with Crippen LogP contribution in [-0.4, -0.2) is 23.0 Å². The van der Waals surface area contributed by atoms with Gasteiger partial charge in [0.15, 0.2) is 0 Å². The third-order valence-electron chi connectivity index (χ3n) is 2.70. The standard InChI is InChI=1S/C14H19NO3/c1-9(2)15-13(16)8-12(14(17)18)11-7-5-4-6-10(11)3/h4-7,9,12H,8H2,1-3H3,(H,15,16)(H,17,18). The normalized spacial score (nSPS) is 12.2. The second-order valence-corrected chi connectivity index (χ2v) is 4.67. The molecule has 0 aromatic heterocycles. The van der Waals surface area contributed by atoms with Crippen molar-refractivity contribution in [2.45, 2.75) is 39.2 Å². The van der Waals surface area contributed by atoms with Crippen LogP contribution in [0.2, 0.25) is 0 Å². The summed E-state index contributed by atoms with van der Waals surface area (Å²) in [7, 11) is 0. The van der Waals surface area contributed by atoms with Crippen LogP contribution in [0.15, 0.2) is 24.3 Å². The number of carboxylic acids is 1. The quantitative estimate of drug-likeness (QED) is 0.839. The number of aryl methyl sites for hydroxylation is 1. The van der Waals surface area contributed by atoms with Crippen LogP contribution < -0.4 is 5.32 Å². The summed E-state index contributed by atoms with van der Waals surface area (Å²) in [4.78, 5) is 23.0. The number of nitrogens with one attached hydrogen (secondary N) is 1. The van der Waals surface area contributed by atoms with Crippen molar-refractivity contribution >= 4 is 11.9 Å². The monoisotopic (exact) mass is 249 g/mol. The van der Waals surface area contributed by atoms with E-state index in [1.807, 2.05) is 32.9 Å². The number of hydrogen-bond donors (Lipinski definition) is 2. The zero-order valence-corrected chi connectivity index (χ0v) is 10.9. The van der Waals surface area contributed by atoms with Gasteiger partial charge in [0.1, 0.15) is 0 Å². The van der Waals surface area contributed by atoms with Crippen molar-refractivity contribution in [2.24, 2.45) is 0 Å². The molecule has 4 nitrogen and oxygen atoms in total. The van der Waals surface area contributed by atoms with Crippen molar-refractivity contribution in [3.8, 4) is 0 Å². The molecule has 18 heavy (non-hydrogen) atoms. The molecular formula is C14H19NO3. The van der Waals surface area contributed by atoms with E-state index in [-0.39, 0.29) is 18.4 Å². The smallest absolute Gasteiger partial charge is 0.311 e. The molecule has 1 atom stereocenters. The highest BCUT2D eigenvalue weighted by Crippen LogP contribution is 2.23. The van der Waals surface area contributed by atoms with Crippen molar-refractivity contribution in [1.82, 2.24) is 5.32 Å². The first kappa shape index (κ1) is 14.2. The lowest BCUT2D eigenvalue weighted by atomic mass is 9.92. The summed E-state index contributed by atoms with van der Waals surface area (Å²) in [5.74, 6) is -1.99. The number of hydrogen-bond acceptors (Lipinski definition) is 2. The van der Waals surface area contributed by atoms with Gasteiger partial charge in [-0.3, -0.25) is 9.59 Å². The van der Waals surface area contributed by atoms with E-state index >= 15 is 0 Å². The Kier molecular flexibility index (Phi) is 4.89. The Bertz CT molecular complexity index is 440. The number of amides is 1. The van der Waals surface area contributed by atoms with Crippen molar-refractivity contribution in [3.05, 3.63) is 35.4 Å². The molecule has 1 unspecified atom stereocenters. The minimum Gasteiger partial charge on any atom is -0.481 e. The lowest BCUT2D eigenvalue weighted by Gasteiger charge is -2.16. The number of rotatable bonds is 5. The van der Waals surface area contributed by atoms with Crippen LogP contribution in [0.1, 0.15) is 37.3 Å². The molecule has 4 heteroatoms. The van der Waals surface area contributed by atoms with Crippen LogP contribution in [-0.2, 0) is 9.59 Å². The fourth-order valence-corrected chi connectivity index (χ4v) is 1.87. The van der Waals surface area contributed by atoms with Gasteiger partial charge < -0.3 is 10.4 Å². The molecular weight excluding hydrogens is 230 g/mol. The molecule has 0 aliphatic rings. The number of carbonyl (C=O) groups excluding carboxylic acids is 1. The molecule has 0 spiro atoms. The van der Waals surface area contributed by atoms with Crippen LogP contribution in [0, 0.1) is 6.92 Å². The summed E-state index contributed by atoms with van der Waals surface area (Å²) < 4.78 is 0. The van der Waals surface area contributed by atoms with Gasteiger partial charge in [0.05, 0.1) is 5.92 Å². The van der Waals surface area contributed by atoms with Gasteiger partial charge in [-0.1, -0.05) is 24.3 Å². The first-order valence-electron chi connectivity index (χ1n) is 5.99. The number of benzene rings is 1.